The first kappa shape index (κ1) is 9.61. The van der Waals surface area contributed by atoms with Gasteiger partial charge < -0.3 is 4.98 Å². The average molecular weight is 219 g/mol. The molecular formula is C14H9N3. The van der Waals surface area contributed by atoms with Gasteiger partial charge in [-0.15, -0.1) is 0 Å². The Labute approximate surface area is 98.5 Å². The molecule has 0 saturated carbocycles. The Morgan fingerprint density at radius 1 is 0.941 bits per heavy atom. The molecule has 0 amide bonds. The molecular weight excluding hydrogens is 210 g/mol. The highest BCUT2D eigenvalue weighted by Gasteiger charge is 1.98. The number of pyridine rings is 1. The van der Waals surface area contributed by atoms with Gasteiger partial charge in [0.05, 0.1) is 5.52 Å². The van der Waals surface area contributed by atoms with Crippen LogP contribution in [-0.2, 0) is 0 Å². The second-order valence-electron chi connectivity index (χ2n) is 3.58. The Kier molecular flexibility index (Phi) is 2.32. The molecule has 0 aliphatic rings. The lowest BCUT2D eigenvalue weighted by Crippen LogP contribution is -1.77. The highest BCUT2D eigenvalue weighted by atomic mass is 15.0. The third-order valence-electron chi connectivity index (χ3n) is 2.36. The standard InChI is InChI=1S/C14H9N3/c1-2-5-11(6-3-1)8-9-13-16-12-7-4-10-15-14(12)17-13/h1-7,10H,(H,15,16,17). The van der Waals surface area contributed by atoms with Crippen LogP contribution in [0.1, 0.15) is 11.4 Å². The van der Waals surface area contributed by atoms with Crippen molar-refractivity contribution in [2.24, 2.45) is 0 Å². The van der Waals surface area contributed by atoms with E-state index >= 15 is 0 Å². The minimum absolute atomic E-state index is 0.641. The molecule has 1 aromatic carbocycles. The van der Waals surface area contributed by atoms with Crippen molar-refractivity contribution in [2.75, 3.05) is 0 Å². The van der Waals surface area contributed by atoms with E-state index in [9.17, 15) is 0 Å². The molecule has 80 valence electrons. The van der Waals surface area contributed by atoms with Crippen LogP contribution in [0.5, 0.6) is 0 Å². The normalized spacial score (nSPS) is 9.88. The van der Waals surface area contributed by atoms with E-state index in [-0.39, 0.29) is 0 Å². The maximum Gasteiger partial charge on any atom is 0.185 e. The second kappa shape index (κ2) is 4.11. The van der Waals surface area contributed by atoms with E-state index < -0.39 is 0 Å². The van der Waals surface area contributed by atoms with Crippen molar-refractivity contribution >= 4 is 11.2 Å². The summed E-state index contributed by atoms with van der Waals surface area (Å²) in [5.41, 5.74) is 2.58. The number of aromatic nitrogens is 3. The van der Waals surface area contributed by atoms with Crippen LogP contribution in [-0.4, -0.2) is 15.0 Å². The van der Waals surface area contributed by atoms with E-state index in [2.05, 4.69) is 26.8 Å². The zero-order valence-corrected chi connectivity index (χ0v) is 9.01. The van der Waals surface area contributed by atoms with Crippen LogP contribution in [0.25, 0.3) is 11.2 Å². The Bertz CT molecular complexity index is 669. The maximum absolute atomic E-state index is 4.29. The average Bonchev–Trinajstić information content (AvgIpc) is 2.80. The number of nitrogens with zero attached hydrogens (tertiary/aromatic N) is 2. The van der Waals surface area contributed by atoms with Crippen LogP contribution in [0.4, 0.5) is 0 Å². The van der Waals surface area contributed by atoms with Crippen molar-refractivity contribution in [1.82, 2.24) is 15.0 Å². The van der Waals surface area contributed by atoms with Gasteiger partial charge in [-0.1, -0.05) is 24.1 Å². The number of H-pyrrole nitrogens is 1. The number of fused-ring (bicyclic) bond motifs is 1. The van der Waals surface area contributed by atoms with Crippen molar-refractivity contribution < 1.29 is 0 Å². The molecule has 3 rings (SSSR count). The summed E-state index contributed by atoms with van der Waals surface area (Å²) in [6.07, 6.45) is 1.72. The summed E-state index contributed by atoms with van der Waals surface area (Å²) in [6.45, 7) is 0. The largest absolute Gasteiger partial charge is 0.330 e. The smallest absolute Gasteiger partial charge is 0.185 e. The lowest BCUT2D eigenvalue weighted by atomic mass is 10.2. The first-order valence-electron chi connectivity index (χ1n) is 5.30. The van der Waals surface area contributed by atoms with Crippen molar-refractivity contribution in [3.63, 3.8) is 0 Å². The van der Waals surface area contributed by atoms with Gasteiger partial charge >= 0.3 is 0 Å². The zero-order chi connectivity index (χ0) is 11.5. The highest BCUT2D eigenvalue weighted by molar-refractivity contribution is 5.70. The monoisotopic (exact) mass is 219 g/mol. The highest BCUT2D eigenvalue weighted by Crippen LogP contribution is 2.06. The van der Waals surface area contributed by atoms with Crippen LogP contribution in [0.2, 0.25) is 0 Å². The predicted molar refractivity (Wildman–Crippen MR) is 66.3 cm³/mol. The van der Waals surface area contributed by atoms with Gasteiger partial charge in [0.2, 0.25) is 0 Å². The molecule has 0 saturated heterocycles. The molecule has 17 heavy (non-hydrogen) atoms. The third-order valence-corrected chi connectivity index (χ3v) is 2.36. The molecule has 0 spiro atoms. The Hall–Kier alpha value is -2.60. The Balaban J connectivity index is 1.98. The van der Waals surface area contributed by atoms with E-state index in [4.69, 9.17) is 0 Å². The topological polar surface area (TPSA) is 41.6 Å². The fraction of sp³-hybridized carbons (Fsp3) is 0. The summed E-state index contributed by atoms with van der Waals surface area (Å²) in [5.74, 6) is 6.69. The number of nitrogens with one attached hydrogen (secondary N) is 1. The molecule has 0 radical (unpaired) electrons. The first-order chi connectivity index (χ1) is 8.42. The van der Waals surface area contributed by atoms with Gasteiger partial charge in [0.15, 0.2) is 11.5 Å². The van der Waals surface area contributed by atoms with Gasteiger partial charge in [-0.05, 0) is 30.2 Å². The van der Waals surface area contributed by atoms with E-state index in [1.807, 2.05) is 42.5 Å². The number of imidazole rings is 1. The number of hydrogen-bond donors (Lipinski definition) is 1. The summed E-state index contributed by atoms with van der Waals surface area (Å²) in [6, 6.07) is 13.6. The van der Waals surface area contributed by atoms with Crippen molar-refractivity contribution in [2.45, 2.75) is 0 Å². The van der Waals surface area contributed by atoms with Crippen molar-refractivity contribution in [3.05, 3.63) is 60.0 Å². The van der Waals surface area contributed by atoms with Gasteiger partial charge in [0, 0.05) is 11.8 Å². The van der Waals surface area contributed by atoms with Crippen LogP contribution in [0.15, 0.2) is 48.7 Å². The molecule has 3 nitrogen and oxygen atoms in total. The van der Waals surface area contributed by atoms with Gasteiger partial charge in [0.25, 0.3) is 0 Å². The van der Waals surface area contributed by atoms with Crippen LogP contribution in [0.3, 0.4) is 0 Å². The second-order valence-corrected chi connectivity index (χ2v) is 3.58. The number of aromatic amines is 1. The van der Waals surface area contributed by atoms with Gasteiger partial charge in [0.1, 0.15) is 0 Å². The van der Waals surface area contributed by atoms with Gasteiger partial charge in [-0.25, -0.2) is 9.97 Å². The molecule has 0 aliphatic carbocycles. The fourth-order valence-electron chi connectivity index (χ4n) is 1.56. The number of benzene rings is 1. The minimum atomic E-state index is 0.641. The van der Waals surface area contributed by atoms with Crippen molar-refractivity contribution in [3.8, 4) is 11.8 Å². The van der Waals surface area contributed by atoms with E-state index in [1.54, 1.807) is 6.20 Å². The molecule has 3 aromatic rings. The first-order valence-corrected chi connectivity index (χ1v) is 5.30. The summed E-state index contributed by atoms with van der Waals surface area (Å²) in [5, 5.41) is 0. The quantitative estimate of drug-likeness (QED) is 0.590. The summed E-state index contributed by atoms with van der Waals surface area (Å²) in [4.78, 5) is 11.6. The predicted octanol–water partition coefficient (Wildman–Crippen LogP) is 2.36. The maximum atomic E-state index is 4.29. The van der Waals surface area contributed by atoms with Crippen LogP contribution < -0.4 is 0 Å². The third kappa shape index (κ3) is 2.01. The van der Waals surface area contributed by atoms with E-state index in [0.29, 0.717) is 11.5 Å². The molecule has 0 bridgehead atoms. The Morgan fingerprint density at radius 2 is 1.82 bits per heavy atom. The lowest BCUT2D eigenvalue weighted by Gasteiger charge is -1.85. The molecule has 2 heterocycles. The zero-order valence-electron chi connectivity index (χ0n) is 9.01. The van der Waals surface area contributed by atoms with Crippen LogP contribution in [0, 0.1) is 11.8 Å². The van der Waals surface area contributed by atoms with Gasteiger partial charge in [-0.3, -0.25) is 0 Å². The number of hydrogen-bond acceptors (Lipinski definition) is 2. The van der Waals surface area contributed by atoms with E-state index in [0.717, 1.165) is 11.1 Å². The van der Waals surface area contributed by atoms with Crippen LogP contribution >= 0.6 is 0 Å². The van der Waals surface area contributed by atoms with Gasteiger partial charge in [-0.2, -0.15) is 0 Å². The summed E-state index contributed by atoms with van der Waals surface area (Å²) >= 11 is 0. The van der Waals surface area contributed by atoms with Crippen molar-refractivity contribution in [1.29, 1.82) is 0 Å². The molecule has 0 atom stereocenters. The lowest BCUT2D eigenvalue weighted by molar-refractivity contribution is 1.26. The SMILES string of the molecule is C(#Cc1nc2ncccc2[nH]1)c1ccccc1. The number of rotatable bonds is 0. The summed E-state index contributed by atoms with van der Waals surface area (Å²) < 4.78 is 0. The van der Waals surface area contributed by atoms with E-state index in [1.165, 1.54) is 0 Å². The summed E-state index contributed by atoms with van der Waals surface area (Å²) in [7, 11) is 0. The fourth-order valence-corrected chi connectivity index (χ4v) is 1.56. The Morgan fingerprint density at radius 3 is 2.65 bits per heavy atom. The molecule has 1 N–H and O–H groups in total. The minimum Gasteiger partial charge on any atom is -0.330 e. The molecule has 0 fully saturated rings. The molecule has 0 unspecified atom stereocenters. The molecule has 2 aromatic heterocycles. The molecule has 3 heteroatoms. The molecule has 0 aliphatic heterocycles.